The number of aromatic nitrogens is 1. The van der Waals surface area contributed by atoms with Crippen LogP contribution in [0.1, 0.15) is 46.3 Å². The molecule has 2 aromatic carbocycles. The van der Waals surface area contributed by atoms with Crippen molar-refractivity contribution in [3.63, 3.8) is 0 Å². The fourth-order valence-electron chi connectivity index (χ4n) is 5.15. The lowest BCUT2D eigenvalue weighted by Crippen LogP contribution is -2.45. The number of methoxy groups -OCH3 is 1. The molecule has 1 saturated heterocycles. The first-order chi connectivity index (χ1) is 16.2. The van der Waals surface area contributed by atoms with Crippen molar-refractivity contribution in [1.82, 2.24) is 9.88 Å². The van der Waals surface area contributed by atoms with Gasteiger partial charge in [0.25, 0.3) is 0 Å². The van der Waals surface area contributed by atoms with Crippen LogP contribution < -0.4 is 10.1 Å². The van der Waals surface area contributed by atoms with Crippen molar-refractivity contribution in [3.8, 4) is 5.75 Å². The Morgan fingerprint density at radius 2 is 2.03 bits per heavy atom. The number of anilines is 1. The maximum atomic E-state index is 9.86. The predicted molar refractivity (Wildman–Crippen MR) is 130 cm³/mol. The second-order valence-corrected chi connectivity index (χ2v) is 8.96. The topological polar surface area (TPSA) is 70.0 Å². The summed E-state index contributed by atoms with van der Waals surface area (Å²) in [5, 5.41) is 17.1. The molecule has 5 rings (SSSR count). The van der Waals surface area contributed by atoms with Crippen LogP contribution in [-0.2, 0) is 13.0 Å². The van der Waals surface area contributed by atoms with E-state index in [2.05, 4.69) is 69.7 Å². The lowest BCUT2D eigenvalue weighted by Gasteiger charge is -2.44. The minimum absolute atomic E-state index is 0.0152. The molecule has 1 fully saturated rings. The molecule has 33 heavy (non-hydrogen) atoms. The Morgan fingerprint density at radius 3 is 2.79 bits per heavy atom. The zero-order valence-electron chi connectivity index (χ0n) is 19.2. The molecular weight excluding hydrogens is 412 g/mol. The van der Waals surface area contributed by atoms with Gasteiger partial charge >= 0.3 is 0 Å². The van der Waals surface area contributed by atoms with E-state index in [1.807, 2.05) is 18.3 Å². The number of oxime groups is 1. The van der Waals surface area contributed by atoms with Crippen LogP contribution in [0, 0.1) is 6.92 Å². The molecule has 170 valence electrons. The summed E-state index contributed by atoms with van der Waals surface area (Å²) in [6, 6.07) is 19.1. The Morgan fingerprint density at radius 1 is 1.18 bits per heavy atom. The van der Waals surface area contributed by atoms with Crippen LogP contribution in [0.2, 0.25) is 0 Å². The minimum Gasteiger partial charge on any atom is -0.495 e. The van der Waals surface area contributed by atoms with E-state index in [9.17, 15) is 5.21 Å². The smallest absolute Gasteiger partial charge is 0.142 e. The fourth-order valence-corrected chi connectivity index (χ4v) is 5.15. The molecular formula is C27H30N4O2. The van der Waals surface area contributed by atoms with Crippen molar-refractivity contribution < 1.29 is 9.94 Å². The second kappa shape index (κ2) is 9.24. The van der Waals surface area contributed by atoms with Gasteiger partial charge in [0.1, 0.15) is 5.75 Å². The maximum Gasteiger partial charge on any atom is 0.142 e. The number of hydrogen-bond acceptors (Lipinski definition) is 6. The molecule has 2 unspecified atom stereocenters. The summed E-state index contributed by atoms with van der Waals surface area (Å²) >= 11 is 0. The van der Waals surface area contributed by atoms with E-state index in [0.29, 0.717) is 6.42 Å². The number of fused-ring (bicyclic) bond motifs is 3. The highest BCUT2D eigenvalue weighted by molar-refractivity contribution is 5.92. The first-order valence-electron chi connectivity index (χ1n) is 11.5. The molecule has 3 aromatic rings. The van der Waals surface area contributed by atoms with E-state index in [4.69, 9.17) is 4.74 Å². The van der Waals surface area contributed by atoms with Gasteiger partial charge in [0, 0.05) is 38.3 Å². The largest absolute Gasteiger partial charge is 0.495 e. The highest BCUT2D eigenvalue weighted by Gasteiger charge is 2.38. The van der Waals surface area contributed by atoms with Gasteiger partial charge in [-0.05, 0) is 59.9 Å². The second-order valence-electron chi connectivity index (χ2n) is 8.96. The predicted octanol–water partition coefficient (Wildman–Crippen LogP) is 4.93. The summed E-state index contributed by atoms with van der Waals surface area (Å²) in [5.74, 6) is 0.859. The van der Waals surface area contributed by atoms with Gasteiger partial charge in [-0.2, -0.15) is 0 Å². The Kier molecular flexibility index (Phi) is 6.01. The third-order valence-electron chi connectivity index (χ3n) is 6.90. The highest BCUT2D eigenvalue weighted by atomic mass is 16.5. The van der Waals surface area contributed by atoms with Gasteiger partial charge in [-0.1, -0.05) is 35.5 Å². The average molecular weight is 443 g/mol. The van der Waals surface area contributed by atoms with Crippen LogP contribution in [0.25, 0.3) is 0 Å². The van der Waals surface area contributed by atoms with Gasteiger partial charge in [0.05, 0.1) is 30.1 Å². The third-order valence-corrected chi connectivity index (χ3v) is 6.90. The Bertz CT molecular complexity index is 1160. The van der Waals surface area contributed by atoms with Gasteiger partial charge in [0.15, 0.2) is 0 Å². The van der Waals surface area contributed by atoms with Gasteiger partial charge in [0.2, 0.25) is 0 Å². The minimum atomic E-state index is 0.0152. The zero-order valence-corrected chi connectivity index (χ0v) is 19.2. The van der Waals surface area contributed by atoms with Crippen LogP contribution in [0.4, 0.5) is 5.69 Å². The first-order valence-corrected chi connectivity index (χ1v) is 11.5. The van der Waals surface area contributed by atoms with Crippen molar-refractivity contribution in [2.75, 3.05) is 25.5 Å². The zero-order chi connectivity index (χ0) is 22.8. The summed E-state index contributed by atoms with van der Waals surface area (Å²) in [5.41, 5.74) is 7.79. The van der Waals surface area contributed by atoms with Crippen LogP contribution in [0.15, 0.2) is 65.9 Å². The van der Waals surface area contributed by atoms with Gasteiger partial charge in [-0.15, -0.1) is 0 Å². The van der Waals surface area contributed by atoms with Crippen molar-refractivity contribution in [1.29, 1.82) is 0 Å². The summed E-state index contributed by atoms with van der Waals surface area (Å²) in [7, 11) is 1.72. The molecule has 2 atom stereocenters. The summed E-state index contributed by atoms with van der Waals surface area (Å²) in [4.78, 5) is 7.08. The van der Waals surface area contributed by atoms with Crippen molar-refractivity contribution in [3.05, 3.63) is 88.7 Å². The number of rotatable bonds is 5. The molecule has 0 radical (unpaired) electrons. The van der Waals surface area contributed by atoms with Crippen molar-refractivity contribution in [2.24, 2.45) is 5.16 Å². The fraction of sp³-hybridized carbons (Fsp3) is 0.333. The standard InChI is InChI=1S/C27H30N4O2/c1-18-8-10-28-23(12-18)22-17-31-11-9-20-13-25(29-16-19-6-4-3-5-7-19)27(33-2)14-21(20)26(31)15-24(22)30-32/h3-8,10,12-14,22,26,29,32H,9,11,15-17H2,1-2H3/b30-24+. The third kappa shape index (κ3) is 4.31. The van der Waals surface area contributed by atoms with Crippen LogP contribution in [-0.4, -0.2) is 41.0 Å². The molecule has 2 N–H and O–H groups in total. The van der Waals surface area contributed by atoms with Crippen LogP contribution in [0.5, 0.6) is 5.75 Å². The van der Waals surface area contributed by atoms with E-state index < -0.39 is 0 Å². The lowest BCUT2D eigenvalue weighted by atomic mass is 9.80. The maximum absolute atomic E-state index is 9.86. The summed E-state index contributed by atoms with van der Waals surface area (Å²) in [6.07, 6.45) is 3.51. The van der Waals surface area contributed by atoms with E-state index in [-0.39, 0.29) is 12.0 Å². The Labute approximate surface area is 194 Å². The van der Waals surface area contributed by atoms with Gasteiger partial charge in [-0.25, -0.2) is 0 Å². The van der Waals surface area contributed by atoms with E-state index in [1.165, 1.54) is 22.3 Å². The number of benzene rings is 2. The Hall–Kier alpha value is -3.38. The average Bonchev–Trinajstić information content (AvgIpc) is 2.86. The molecule has 2 aliphatic rings. The van der Waals surface area contributed by atoms with E-state index >= 15 is 0 Å². The SMILES string of the molecule is COc1cc2c(cc1NCc1ccccc1)CCN1CC(c3cc(C)ccn3)/C(=N/O)CC21. The molecule has 0 aliphatic carbocycles. The molecule has 0 amide bonds. The molecule has 0 spiro atoms. The van der Waals surface area contributed by atoms with Crippen LogP contribution >= 0.6 is 0 Å². The van der Waals surface area contributed by atoms with Gasteiger partial charge < -0.3 is 15.3 Å². The summed E-state index contributed by atoms with van der Waals surface area (Å²) < 4.78 is 5.77. The monoisotopic (exact) mass is 442 g/mol. The number of hydrogen-bond donors (Lipinski definition) is 2. The quantitative estimate of drug-likeness (QED) is 0.433. The van der Waals surface area contributed by atoms with E-state index in [0.717, 1.165) is 48.9 Å². The van der Waals surface area contributed by atoms with Crippen LogP contribution in [0.3, 0.4) is 0 Å². The molecule has 3 heterocycles. The number of piperidine rings is 1. The molecule has 1 aromatic heterocycles. The Balaban J connectivity index is 1.41. The highest BCUT2D eigenvalue weighted by Crippen LogP contribution is 2.43. The molecule has 6 heteroatoms. The number of pyridine rings is 1. The molecule has 0 bridgehead atoms. The molecule has 2 aliphatic heterocycles. The lowest BCUT2D eigenvalue weighted by molar-refractivity contribution is 0.165. The molecule has 0 saturated carbocycles. The number of aryl methyl sites for hydroxylation is 1. The number of nitrogens with one attached hydrogen (secondary N) is 1. The normalized spacial score (nSPS) is 21.3. The van der Waals surface area contributed by atoms with E-state index in [1.54, 1.807) is 7.11 Å². The van der Waals surface area contributed by atoms with Crippen molar-refractivity contribution >= 4 is 11.4 Å². The van der Waals surface area contributed by atoms with Gasteiger partial charge in [-0.3, -0.25) is 9.88 Å². The summed E-state index contributed by atoms with van der Waals surface area (Å²) in [6.45, 7) is 4.59. The molecule has 6 nitrogen and oxygen atoms in total. The number of ether oxygens (including phenoxy) is 1. The van der Waals surface area contributed by atoms with Crippen molar-refractivity contribution in [2.45, 2.75) is 38.3 Å². The number of nitrogens with zero attached hydrogens (tertiary/aromatic N) is 3. The first kappa shape index (κ1) is 21.5.